The van der Waals surface area contributed by atoms with Gasteiger partial charge in [0.2, 0.25) is 15.9 Å². The van der Waals surface area contributed by atoms with Gasteiger partial charge in [-0.05, 0) is 81.1 Å². The molecule has 0 saturated carbocycles. The molecule has 38 heavy (non-hydrogen) atoms. The van der Waals surface area contributed by atoms with Crippen LogP contribution in [0.2, 0.25) is 0 Å². The maximum atomic E-state index is 13.2. The van der Waals surface area contributed by atoms with E-state index in [2.05, 4.69) is 25.9 Å². The monoisotopic (exact) mass is 545 g/mol. The summed E-state index contributed by atoms with van der Waals surface area (Å²) in [6.45, 7) is 4.35. The Balaban J connectivity index is 1.40. The zero-order valence-corrected chi connectivity index (χ0v) is 22.5. The van der Waals surface area contributed by atoms with Crippen molar-refractivity contribution < 1.29 is 27.5 Å². The van der Waals surface area contributed by atoms with Crippen LogP contribution in [-0.4, -0.2) is 68.3 Å². The van der Waals surface area contributed by atoms with Crippen LogP contribution in [0.5, 0.6) is 5.75 Å². The molecule has 2 aliphatic rings. The average molecular weight is 546 g/mol. The molecular weight excluding hydrogens is 513 g/mol. The van der Waals surface area contributed by atoms with Crippen LogP contribution in [0.3, 0.4) is 0 Å². The van der Waals surface area contributed by atoms with E-state index in [9.17, 15) is 22.5 Å². The number of piperidine rings is 1. The van der Waals surface area contributed by atoms with Crippen LogP contribution in [-0.2, 0) is 26.0 Å². The summed E-state index contributed by atoms with van der Waals surface area (Å²) in [5.41, 5.74) is 2.88. The average Bonchev–Trinajstić information content (AvgIpc) is 3.19. The molecule has 0 aliphatic carbocycles. The molecular formula is C26H32FN5O5S. The van der Waals surface area contributed by atoms with E-state index in [4.69, 9.17) is 0 Å². The normalized spacial score (nSPS) is 17.3. The Morgan fingerprint density at radius 2 is 1.87 bits per heavy atom. The van der Waals surface area contributed by atoms with Gasteiger partial charge in [-0.3, -0.25) is 19.5 Å². The summed E-state index contributed by atoms with van der Waals surface area (Å²) in [4.78, 5) is 33.1. The van der Waals surface area contributed by atoms with E-state index in [-0.39, 0.29) is 55.8 Å². The van der Waals surface area contributed by atoms with Gasteiger partial charge >= 0.3 is 0 Å². The Labute approximate surface area is 221 Å². The number of nitrogens with one attached hydrogen (secondary N) is 3. The van der Waals surface area contributed by atoms with Gasteiger partial charge in [-0.15, -0.1) is 0 Å². The number of sulfonamides is 1. The van der Waals surface area contributed by atoms with Crippen LogP contribution >= 0.6 is 0 Å². The van der Waals surface area contributed by atoms with Gasteiger partial charge in [0, 0.05) is 28.9 Å². The van der Waals surface area contributed by atoms with E-state index in [1.165, 1.54) is 16.4 Å². The summed E-state index contributed by atoms with van der Waals surface area (Å²) in [5.74, 6) is -0.186. The van der Waals surface area contributed by atoms with Gasteiger partial charge in [0.05, 0.1) is 12.3 Å². The first-order valence-corrected chi connectivity index (χ1v) is 14.0. The second kappa shape index (κ2) is 11.2. The predicted molar refractivity (Wildman–Crippen MR) is 142 cm³/mol. The van der Waals surface area contributed by atoms with Gasteiger partial charge in [0.25, 0.3) is 5.91 Å². The van der Waals surface area contributed by atoms with Crippen LogP contribution < -0.4 is 20.9 Å². The third-order valence-electron chi connectivity index (χ3n) is 7.05. The van der Waals surface area contributed by atoms with Crippen molar-refractivity contribution in [2.24, 2.45) is 4.99 Å². The Kier molecular flexibility index (Phi) is 8.14. The van der Waals surface area contributed by atoms with Gasteiger partial charge < -0.3 is 16.0 Å². The van der Waals surface area contributed by atoms with E-state index >= 15 is 0 Å². The minimum atomic E-state index is -3.57. The minimum Gasteiger partial charge on any atom is -0.325 e. The van der Waals surface area contributed by atoms with Crippen molar-refractivity contribution in [3.63, 3.8) is 0 Å². The third kappa shape index (κ3) is 5.87. The van der Waals surface area contributed by atoms with Crippen LogP contribution in [0.4, 0.5) is 10.2 Å². The molecule has 1 spiro atoms. The zero-order valence-electron chi connectivity index (χ0n) is 21.6. The van der Waals surface area contributed by atoms with Crippen LogP contribution in [0.1, 0.15) is 35.1 Å². The molecule has 2 aromatic rings. The summed E-state index contributed by atoms with van der Waals surface area (Å²) in [7, 11) is -1.88. The van der Waals surface area contributed by atoms with Gasteiger partial charge in [-0.25, -0.2) is 12.7 Å². The molecule has 2 aromatic carbocycles. The molecule has 0 radical (unpaired) electrons. The number of halogens is 1. The fraction of sp³-hybridized carbons (Fsp3) is 0.423. The lowest BCUT2D eigenvalue weighted by Gasteiger charge is -2.34. The van der Waals surface area contributed by atoms with Gasteiger partial charge in [-0.2, -0.15) is 0 Å². The lowest BCUT2D eigenvalue weighted by atomic mass is 9.89. The molecule has 0 bridgehead atoms. The van der Waals surface area contributed by atoms with Crippen LogP contribution in [0.25, 0.3) is 0 Å². The van der Waals surface area contributed by atoms with E-state index in [0.29, 0.717) is 23.5 Å². The molecule has 12 heteroatoms. The summed E-state index contributed by atoms with van der Waals surface area (Å²) in [6, 6.07) is 9.85. The highest BCUT2D eigenvalue weighted by Crippen LogP contribution is 2.33. The van der Waals surface area contributed by atoms with Crippen molar-refractivity contribution in [1.29, 1.82) is 0 Å². The van der Waals surface area contributed by atoms with Gasteiger partial charge in [0.1, 0.15) is 11.4 Å². The summed E-state index contributed by atoms with van der Waals surface area (Å²) in [6.07, 6.45) is 0.835. The number of benzene rings is 2. The largest absolute Gasteiger partial charge is 0.325 e. The molecule has 0 atom stereocenters. The number of amides is 2. The summed E-state index contributed by atoms with van der Waals surface area (Å²) >= 11 is 0. The predicted octanol–water partition coefficient (Wildman–Crippen LogP) is 2.01. The Hall–Kier alpha value is -3.35. The lowest BCUT2D eigenvalue weighted by Crippen LogP contribution is -2.50. The Morgan fingerprint density at radius 1 is 1.18 bits per heavy atom. The maximum absolute atomic E-state index is 13.2. The lowest BCUT2D eigenvalue weighted by molar-refractivity contribution is -0.125. The summed E-state index contributed by atoms with van der Waals surface area (Å²) < 4.78 is 40.4. The summed E-state index contributed by atoms with van der Waals surface area (Å²) in [5, 5.41) is 8.38. The number of amidine groups is 1. The van der Waals surface area contributed by atoms with Crippen molar-refractivity contribution in [1.82, 2.24) is 14.9 Å². The fourth-order valence-electron chi connectivity index (χ4n) is 5.00. The molecule has 10 nitrogen and oxygen atoms in total. The molecule has 2 amide bonds. The number of anilines is 1. The number of carbonyl (C=O) groups excluding carboxylic acids is 2. The van der Waals surface area contributed by atoms with E-state index in [0.717, 1.165) is 16.7 Å². The maximum Gasteiger partial charge on any atom is 0.253 e. The number of aryl methyl sites for hydroxylation is 2. The van der Waals surface area contributed by atoms with E-state index in [1.54, 1.807) is 19.2 Å². The number of nitrogens with zero attached hydrogens (tertiary/aromatic N) is 2. The Bertz CT molecular complexity index is 1350. The fourth-order valence-corrected chi connectivity index (χ4v) is 6.46. The second-order valence-electron chi connectivity index (χ2n) is 9.68. The smallest absolute Gasteiger partial charge is 0.253 e. The SMILES string of the molecule is CNCC(=O)Nc1cc(C)c(CCS(=O)(=O)N2CCC3(CC2)N=C(c2cccc(OF)c2)NC3=O)c(C)c1. The molecule has 0 unspecified atom stereocenters. The number of aliphatic imine (C=N–C) groups is 1. The number of carbonyl (C=O) groups is 2. The molecule has 1 saturated heterocycles. The van der Waals surface area contributed by atoms with Crippen molar-refractivity contribution in [2.45, 2.75) is 38.6 Å². The Morgan fingerprint density at radius 3 is 2.50 bits per heavy atom. The van der Waals surface area contributed by atoms with Crippen molar-refractivity contribution >= 4 is 33.4 Å². The first-order valence-electron chi connectivity index (χ1n) is 12.4. The molecule has 2 heterocycles. The molecule has 204 valence electrons. The highest BCUT2D eigenvalue weighted by Gasteiger charge is 2.47. The van der Waals surface area contributed by atoms with Crippen LogP contribution in [0, 0.1) is 13.8 Å². The molecule has 0 aromatic heterocycles. The molecule has 3 N–H and O–H groups in total. The quantitative estimate of drug-likeness (QED) is 0.442. The third-order valence-corrected chi connectivity index (χ3v) is 8.92. The van der Waals surface area contributed by atoms with Crippen LogP contribution in [0.15, 0.2) is 41.4 Å². The second-order valence-corrected chi connectivity index (χ2v) is 11.8. The van der Waals surface area contributed by atoms with Crippen molar-refractivity contribution in [3.05, 3.63) is 58.7 Å². The molecule has 4 rings (SSSR count). The van der Waals surface area contributed by atoms with E-state index < -0.39 is 15.6 Å². The van der Waals surface area contributed by atoms with Crippen molar-refractivity contribution in [2.75, 3.05) is 37.8 Å². The zero-order chi connectivity index (χ0) is 27.5. The molecule has 1 fully saturated rings. The first kappa shape index (κ1) is 27.7. The molecule has 2 aliphatic heterocycles. The number of hydrogen-bond donors (Lipinski definition) is 3. The van der Waals surface area contributed by atoms with Crippen molar-refractivity contribution in [3.8, 4) is 5.75 Å². The van der Waals surface area contributed by atoms with E-state index in [1.807, 2.05) is 26.0 Å². The topological polar surface area (TPSA) is 129 Å². The minimum absolute atomic E-state index is 0.0000279. The highest BCUT2D eigenvalue weighted by molar-refractivity contribution is 7.89. The number of hydrogen-bond acceptors (Lipinski definition) is 7. The van der Waals surface area contributed by atoms with Gasteiger partial charge in [0.15, 0.2) is 5.75 Å². The first-order chi connectivity index (χ1) is 18.1. The standard InChI is InChI=1S/C26H32FN5O5S/c1-17-13-20(29-23(33)16-28-3)14-18(2)22(17)7-12-38(35,36)32-10-8-26(9-11-32)25(34)30-24(31-26)19-5-4-6-21(15-19)37-27/h4-6,13-15,28H,7-12,16H2,1-3H3,(H,29,33)(H,30,31,34). The highest BCUT2D eigenvalue weighted by atomic mass is 32.2. The van der Waals surface area contributed by atoms with Gasteiger partial charge in [-0.1, -0.05) is 12.1 Å². The number of likely N-dealkylation sites (N-methyl/N-ethyl adjacent to an activating group) is 1. The number of rotatable bonds is 9.